The Kier molecular flexibility index (Phi) is 9.77. The SMILES string of the molecule is CCCCCCCC[C@H](NC(=O)[C@@H](O)c1ccccc1)C(=O)OC. The zero-order valence-electron chi connectivity index (χ0n) is 14.7. The second kappa shape index (κ2) is 11.6. The van der Waals surface area contributed by atoms with Gasteiger partial charge in [-0.1, -0.05) is 75.8 Å². The molecular weight excluding hydrogens is 306 g/mol. The number of aliphatic hydroxyl groups excluding tert-OH is 1. The Morgan fingerprint density at radius 3 is 2.33 bits per heavy atom. The summed E-state index contributed by atoms with van der Waals surface area (Å²) in [6.07, 6.45) is 5.82. The molecule has 0 bridgehead atoms. The van der Waals surface area contributed by atoms with E-state index >= 15 is 0 Å². The fourth-order valence-corrected chi connectivity index (χ4v) is 2.56. The molecule has 0 fully saturated rings. The van der Waals surface area contributed by atoms with Gasteiger partial charge in [-0.05, 0) is 12.0 Å². The van der Waals surface area contributed by atoms with Crippen molar-refractivity contribution in [2.75, 3.05) is 7.11 Å². The highest BCUT2D eigenvalue weighted by Gasteiger charge is 2.25. The van der Waals surface area contributed by atoms with Crippen LogP contribution in [0.25, 0.3) is 0 Å². The number of methoxy groups -OCH3 is 1. The second-order valence-corrected chi connectivity index (χ2v) is 5.95. The van der Waals surface area contributed by atoms with Crippen molar-refractivity contribution in [1.82, 2.24) is 5.32 Å². The van der Waals surface area contributed by atoms with Gasteiger partial charge in [-0.2, -0.15) is 0 Å². The molecule has 0 aliphatic carbocycles. The molecule has 0 saturated carbocycles. The van der Waals surface area contributed by atoms with Crippen LogP contribution in [0.1, 0.15) is 63.5 Å². The summed E-state index contributed by atoms with van der Waals surface area (Å²) >= 11 is 0. The lowest BCUT2D eigenvalue weighted by Gasteiger charge is -2.19. The standard InChI is InChI=1S/C19H29NO4/c1-3-4-5-6-7-11-14-16(19(23)24-2)20-18(22)17(21)15-12-9-8-10-13-15/h8-10,12-13,16-17,21H,3-7,11,14H2,1-2H3,(H,20,22)/t16-,17-/m0/s1. The van der Waals surface area contributed by atoms with Gasteiger partial charge in [-0.3, -0.25) is 4.79 Å². The number of amides is 1. The molecule has 24 heavy (non-hydrogen) atoms. The molecule has 0 aliphatic rings. The van der Waals surface area contributed by atoms with Crippen molar-refractivity contribution in [3.63, 3.8) is 0 Å². The van der Waals surface area contributed by atoms with E-state index in [4.69, 9.17) is 4.74 Å². The molecule has 0 aliphatic heterocycles. The van der Waals surface area contributed by atoms with Crippen LogP contribution < -0.4 is 5.32 Å². The smallest absolute Gasteiger partial charge is 0.328 e. The van der Waals surface area contributed by atoms with Crippen LogP contribution in [0.4, 0.5) is 0 Å². The van der Waals surface area contributed by atoms with E-state index in [0.29, 0.717) is 12.0 Å². The van der Waals surface area contributed by atoms with Crippen molar-refractivity contribution in [3.8, 4) is 0 Å². The van der Waals surface area contributed by atoms with E-state index in [1.165, 1.54) is 26.4 Å². The van der Waals surface area contributed by atoms with E-state index in [-0.39, 0.29) is 0 Å². The quantitative estimate of drug-likeness (QED) is 0.481. The molecule has 0 unspecified atom stereocenters. The molecule has 0 radical (unpaired) electrons. The molecule has 1 aromatic rings. The summed E-state index contributed by atoms with van der Waals surface area (Å²) in [5.41, 5.74) is 0.498. The number of hydrogen-bond acceptors (Lipinski definition) is 4. The first kappa shape index (κ1) is 20.2. The maximum Gasteiger partial charge on any atom is 0.328 e. The van der Waals surface area contributed by atoms with E-state index in [1.54, 1.807) is 24.3 Å². The summed E-state index contributed by atoms with van der Waals surface area (Å²) in [4.78, 5) is 24.0. The number of carbonyl (C=O) groups is 2. The van der Waals surface area contributed by atoms with Crippen molar-refractivity contribution in [1.29, 1.82) is 0 Å². The number of carbonyl (C=O) groups excluding carboxylic acids is 2. The van der Waals surface area contributed by atoms with E-state index in [2.05, 4.69) is 12.2 Å². The van der Waals surface area contributed by atoms with Gasteiger partial charge >= 0.3 is 5.97 Å². The fourth-order valence-electron chi connectivity index (χ4n) is 2.56. The summed E-state index contributed by atoms with van der Waals surface area (Å²) < 4.78 is 4.76. The minimum atomic E-state index is -1.29. The minimum absolute atomic E-state index is 0.475. The average Bonchev–Trinajstić information content (AvgIpc) is 2.62. The van der Waals surface area contributed by atoms with Gasteiger partial charge in [0.2, 0.25) is 0 Å². The van der Waals surface area contributed by atoms with Crippen LogP contribution in [0.2, 0.25) is 0 Å². The molecule has 0 heterocycles. The van der Waals surface area contributed by atoms with Crippen molar-refractivity contribution in [2.24, 2.45) is 0 Å². The third-order valence-corrected chi connectivity index (χ3v) is 4.01. The molecule has 1 rings (SSSR count). The normalized spacial score (nSPS) is 13.1. The maximum absolute atomic E-state index is 12.2. The molecule has 1 amide bonds. The van der Waals surface area contributed by atoms with E-state index < -0.39 is 24.0 Å². The van der Waals surface area contributed by atoms with E-state index in [1.807, 2.05) is 6.07 Å². The number of nitrogens with one attached hydrogen (secondary N) is 1. The molecule has 2 N–H and O–H groups in total. The molecule has 5 nitrogen and oxygen atoms in total. The van der Waals surface area contributed by atoms with Crippen molar-refractivity contribution in [3.05, 3.63) is 35.9 Å². The zero-order chi connectivity index (χ0) is 17.8. The lowest BCUT2D eigenvalue weighted by atomic mass is 10.0. The number of rotatable bonds is 11. The first-order valence-electron chi connectivity index (χ1n) is 8.71. The van der Waals surface area contributed by atoms with Gasteiger partial charge in [0.1, 0.15) is 6.04 Å². The van der Waals surface area contributed by atoms with Gasteiger partial charge in [0.25, 0.3) is 5.91 Å². The molecule has 0 aromatic heterocycles. The monoisotopic (exact) mass is 335 g/mol. The van der Waals surface area contributed by atoms with Crippen LogP contribution in [-0.4, -0.2) is 30.1 Å². The lowest BCUT2D eigenvalue weighted by Crippen LogP contribution is -2.43. The molecule has 0 saturated heterocycles. The largest absolute Gasteiger partial charge is 0.467 e. The Labute approximate surface area is 144 Å². The Balaban J connectivity index is 2.49. The first-order chi connectivity index (χ1) is 11.6. The van der Waals surface area contributed by atoms with Gasteiger partial charge in [0, 0.05) is 0 Å². The third-order valence-electron chi connectivity index (χ3n) is 4.01. The summed E-state index contributed by atoms with van der Waals surface area (Å²) in [5, 5.41) is 12.7. The molecular formula is C19H29NO4. The van der Waals surface area contributed by atoms with Gasteiger partial charge in [0.15, 0.2) is 6.10 Å². The van der Waals surface area contributed by atoms with Gasteiger partial charge in [-0.25, -0.2) is 4.79 Å². The number of hydrogen-bond donors (Lipinski definition) is 2. The lowest BCUT2D eigenvalue weighted by molar-refractivity contribution is -0.146. The van der Waals surface area contributed by atoms with Gasteiger partial charge in [-0.15, -0.1) is 0 Å². The molecule has 134 valence electrons. The molecule has 1 aromatic carbocycles. The van der Waals surface area contributed by atoms with Gasteiger partial charge in [0.05, 0.1) is 7.11 Å². The summed E-state index contributed by atoms with van der Waals surface area (Å²) in [6.45, 7) is 2.17. The summed E-state index contributed by atoms with van der Waals surface area (Å²) in [7, 11) is 1.30. The van der Waals surface area contributed by atoms with Crippen LogP contribution in [0, 0.1) is 0 Å². The Morgan fingerprint density at radius 1 is 1.08 bits per heavy atom. The van der Waals surface area contributed by atoms with E-state index in [0.717, 1.165) is 19.3 Å². The van der Waals surface area contributed by atoms with Crippen molar-refractivity contribution < 1.29 is 19.4 Å². The Bertz CT molecular complexity index is 489. The van der Waals surface area contributed by atoms with Crippen LogP contribution in [0.3, 0.4) is 0 Å². The topological polar surface area (TPSA) is 75.6 Å². The second-order valence-electron chi connectivity index (χ2n) is 5.95. The molecule has 0 spiro atoms. The van der Waals surface area contributed by atoms with E-state index in [9.17, 15) is 14.7 Å². The van der Waals surface area contributed by atoms with Crippen LogP contribution in [0.5, 0.6) is 0 Å². The summed E-state index contributed by atoms with van der Waals surface area (Å²) in [6, 6.07) is 7.94. The van der Waals surface area contributed by atoms with Crippen LogP contribution in [-0.2, 0) is 14.3 Å². The third kappa shape index (κ3) is 7.13. The summed E-state index contributed by atoms with van der Waals surface area (Å²) in [5.74, 6) is -1.06. The predicted octanol–water partition coefficient (Wildman–Crippen LogP) is 3.13. The zero-order valence-corrected chi connectivity index (χ0v) is 14.7. The van der Waals surface area contributed by atoms with Crippen LogP contribution >= 0.6 is 0 Å². The number of esters is 1. The highest BCUT2D eigenvalue weighted by molar-refractivity contribution is 5.87. The molecule has 2 atom stereocenters. The fraction of sp³-hybridized carbons (Fsp3) is 0.579. The van der Waals surface area contributed by atoms with Crippen molar-refractivity contribution in [2.45, 2.75) is 64.0 Å². The average molecular weight is 335 g/mol. The highest BCUT2D eigenvalue weighted by atomic mass is 16.5. The molecule has 5 heteroatoms. The van der Waals surface area contributed by atoms with Crippen molar-refractivity contribution >= 4 is 11.9 Å². The number of ether oxygens (including phenoxy) is 1. The Morgan fingerprint density at radius 2 is 1.71 bits per heavy atom. The predicted molar refractivity (Wildman–Crippen MR) is 93.3 cm³/mol. The Hall–Kier alpha value is -1.88. The number of aliphatic hydroxyl groups is 1. The van der Waals surface area contributed by atoms with Gasteiger partial charge < -0.3 is 15.2 Å². The van der Waals surface area contributed by atoms with Crippen LogP contribution in [0.15, 0.2) is 30.3 Å². The number of unbranched alkanes of at least 4 members (excludes halogenated alkanes) is 5. The number of benzene rings is 1. The minimum Gasteiger partial charge on any atom is -0.467 e. The maximum atomic E-state index is 12.2. The first-order valence-corrected chi connectivity index (χ1v) is 8.71. The highest BCUT2D eigenvalue weighted by Crippen LogP contribution is 2.14.